The number of rotatable bonds is 7. The standard InChI is InChI=1S/C21H21F3N2O3/c1-3-29-18-11-7-4-8-15(18)12-13-20(28)26(2)14-19(27)25-17-10-6-5-9-16(17)21(22,23)24/h4-13H,3,14H2,1-2H3,(H,25,27)/b13-12+. The zero-order valence-corrected chi connectivity index (χ0v) is 16.0. The number of amides is 2. The zero-order valence-electron chi connectivity index (χ0n) is 16.0. The summed E-state index contributed by atoms with van der Waals surface area (Å²) in [6, 6.07) is 11.8. The first-order valence-corrected chi connectivity index (χ1v) is 8.83. The highest BCUT2D eigenvalue weighted by Crippen LogP contribution is 2.34. The van der Waals surface area contributed by atoms with Crippen LogP contribution in [0.4, 0.5) is 18.9 Å². The van der Waals surface area contributed by atoms with Crippen molar-refractivity contribution >= 4 is 23.6 Å². The maximum absolute atomic E-state index is 13.0. The number of hydrogen-bond donors (Lipinski definition) is 1. The molecule has 0 radical (unpaired) electrons. The van der Waals surface area contributed by atoms with Crippen molar-refractivity contribution in [3.8, 4) is 5.75 Å². The van der Waals surface area contributed by atoms with Gasteiger partial charge in [-0.15, -0.1) is 0 Å². The summed E-state index contributed by atoms with van der Waals surface area (Å²) in [7, 11) is 1.39. The second-order valence-corrected chi connectivity index (χ2v) is 6.09. The average Bonchev–Trinajstić information content (AvgIpc) is 2.66. The SMILES string of the molecule is CCOc1ccccc1/C=C/C(=O)N(C)CC(=O)Nc1ccccc1C(F)(F)F. The Labute approximate surface area is 166 Å². The summed E-state index contributed by atoms with van der Waals surface area (Å²) < 4.78 is 44.5. The molecule has 0 aliphatic rings. The van der Waals surface area contributed by atoms with Gasteiger partial charge in [0.2, 0.25) is 11.8 Å². The molecule has 0 aliphatic heterocycles. The van der Waals surface area contributed by atoms with Gasteiger partial charge in [0, 0.05) is 18.7 Å². The van der Waals surface area contributed by atoms with Gasteiger partial charge in [0.05, 0.1) is 24.4 Å². The molecule has 1 N–H and O–H groups in total. The number of nitrogens with zero attached hydrogens (tertiary/aromatic N) is 1. The number of carbonyl (C=O) groups excluding carboxylic acids is 2. The van der Waals surface area contributed by atoms with Crippen LogP contribution in [0.5, 0.6) is 5.75 Å². The minimum absolute atomic E-state index is 0.355. The van der Waals surface area contributed by atoms with Crippen LogP contribution in [-0.2, 0) is 15.8 Å². The van der Waals surface area contributed by atoms with Crippen molar-refractivity contribution in [3.63, 3.8) is 0 Å². The van der Waals surface area contributed by atoms with Crippen molar-refractivity contribution in [2.75, 3.05) is 25.5 Å². The van der Waals surface area contributed by atoms with E-state index in [1.165, 1.54) is 25.3 Å². The van der Waals surface area contributed by atoms with Crippen LogP contribution in [0.3, 0.4) is 0 Å². The van der Waals surface area contributed by atoms with Crippen molar-refractivity contribution in [2.45, 2.75) is 13.1 Å². The molecule has 0 fully saturated rings. The zero-order chi connectivity index (χ0) is 21.4. The normalized spacial score (nSPS) is 11.3. The van der Waals surface area contributed by atoms with E-state index >= 15 is 0 Å². The number of hydrogen-bond acceptors (Lipinski definition) is 3. The number of alkyl halides is 3. The number of halogens is 3. The monoisotopic (exact) mass is 406 g/mol. The predicted molar refractivity (Wildman–Crippen MR) is 104 cm³/mol. The van der Waals surface area contributed by atoms with E-state index in [1.807, 2.05) is 6.92 Å². The van der Waals surface area contributed by atoms with E-state index < -0.39 is 30.1 Å². The molecule has 2 rings (SSSR count). The van der Waals surface area contributed by atoms with Crippen LogP contribution >= 0.6 is 0 Å². The summed E-state index contributed by atoms with van der Waals surface area (Å²) in [5, 5.41) is 2.21. The lowest BCUT2D eigenvalue weighted by molar-refractivity contribution is -0.137. The second kappa shape index (κ2) is 9.77. The van der Waals surface area contributed by atoms with Crippen molar-refractivity contribution in [1.29, 1.82) is 0 Å². The molecule has 0 atom stereocenters. The van der Waals surface area contributed by atoms with Gasteiger partial charge in [-0.3, -0.25) is 9.59 Å². The van der Waals surface area contributed by atoms with Gasteiger partial charge >= 0.3 is 6.18 Å². The summed E-state index contributed by atoms with van der Waals surface area (Å²) in [4.78, 5) is 25.4. The van der Waals surface area contributed by atoms with E-state index in [4.69, 9.17) is 4.74 Å². The number of ether oxygens (including phenoxy) is 1. The van der Waals surface area contributed by atoms with E-state index in [1.54, 1.807) is 30.3 Å². The molecule has 0 unspecified atom stereocenters. The van der Waals surface area contributed by atoms with Crippen molar-refractivity contribution in [3.05, 3.63) is 65.7 Å². The molecule has 0 aliphatic carbocycles. The van der Waals surface area contributed by atoms with E-state index in [9.17, 15) is 22.8 Å². The van der Waals surface area contributed by atoms with Gasteiger partial charge in [0.25, 0.3) is 0 Å². The maximum atomic E-state index is 13.0. The molecular weight excluding hydrogens is 385 g/mol. The number of benzene rings is 2. The molecule has 0 heterocycles. The minimum Gasteiger partial charge on any atom is -0.493 e. The molecule has 8 heteroatoms. The van der Waals surface area contributed by atoms with E-state index in [0.717, 1.165) is 17.0 Å². The van der Waals surface area contributed by atoms with Crippen LogP contribution in [0.25, 0.3) is 6.08 Å². The van der Waals surface area contributed by atoms with Gasteiger partial charge < -0.3 is 15.0 Å². The Morgan fingerprint density at radius 2 is 1.76 bits per heavy atom. The number of anilines is 1. The maximum Gasteiger partial charge on any atom is 0.418 e. The Kier molecular flexibility index (Phi) is 7.41. The Bertz CT molecular complexity index is 895. The van der Waals surface area contributed by atoms with Gasteiger partial charge in [-0.25, -0.2) is 0 Å². The lowest BCUT2D eigenvalue weighted by Crippen LogP contribution is -2.34. The molecule has 0 aromatic heterocycles. The summed E-state index contributed by atoms with van der Waals surface area (Å²) in [6.45, 7) is 1.91. The van der Waals surface area contributed by atoms with Gasteiger partial charge in [-0.05, 0) is 31.2 Å². The number of carbonyl (C=O) groups is 2. The van der Waals surface area contributed by atoms with Gasteiger partial charge in [-0.2, -0.15) is 13.2 Å². The average molecular weight is 406 g/mol. The molecule has 5 nitrogen and oxygen atoms in total. The largest absolute Gasteiger partial charge is 0.493 e. The quantitative estimate of drug-likeness (QED) is 0.701. The Hall–Kier alpha value is -3.29. The van der Waals surface area contributed by atoms with E-state index in [-0.39, 0.29) is 5.69 Å². The third-order valence-electron chi connectivity index (χ3n) is 3.89. The fraction of sp³-hybridized carbons (Fsp3) is 0.238. The fourth-order valence-corrected chi connectivity index (χ4v) is 2.52. The van der Waals surface area contributed by atoms with Crippen molar-refractivity contribution in [1.82, 2.24) is 4.90 Å². The van der Waals surface area contributed by atoms with Crippen LogP contribution in [0.15, 0.2) is 54.6 Å². The molecule has 2 aromatic carbocycles. The van der Waals surface area contributed by atoms with E-state index in [2.05, 4.69) is 5.32 Å². The first kappa shape index (κ1) is 22.0. The topological polar surface area (TPSA) is 58.6 Å². The Morgan fingerprint density at radius 1 is 1.10 bits per heavy atom. The van der Waals surface area contributed by atoms with Crippen molar-refractivity contribution in [2.24, 2.45) is 0 Å². The molecule has 0 saturated heterocycles. The summed E-state index contributed by atoms with van der Waals surface area (Å²) in [5.74, 6) is -0.598. The van der Waals surface area contributed by atoms with Crippen LogP contribution in [0.1, 0.15) is 18.1 Å². The molecular formula is C21H21F3N2O3. The lowest BCUT2D eigenvalue weighted by atomic mass is 10.1. The smallest absolute Gasteiger partial charge is 0.418 e. The van der Waals surface area contributed by atoms with Crippen molar-refractivity contribution < 1.29 is 27.5 Å². The summed E-state index contributed by atoms with van der Waals surface area (Å²) >= 11 is 0. The molecule has 0 spiro atoms. The van der Waals surface area contributed by atoms with Gasteiger partial charge in [0.15, 0.2) is 0 Å². The van der Waals surface area contributed by atoms with Crippen LogP contribution < -0.4 is 10.1 Å². The van der Waals surface area contributed by atoms with E-state index in [0.29, 0.717) is 17.9 Å². The van der Waals surface area contributed by atoms with Gasteiger partial charge in [-0.1, -0.05) is 30.3 Å². The van der Waals surface area contributed by atoms with Crippen LogP contribution in [0.2, 0.25) is 0 Å². The molecule has 2 aromatic rings. The first-order valence-electron chi connectivity index (χ1n) is 8.83. The summed E-state index contributed by atoms with van der Waals surface area (Å²) in [6.07, 6.45) is -1.77. The molecule has 29 heavy (non-hydrogen) atoms. The highest BCUT2D eigenvalue weighted by molar-refractivity contribution is 5.98. The Morgan fingerprint density at radius 3 is 2.45 bits per heavy atom. The summed E-state index contributed by atoms with van der Waals surface area (Å²) in [5.41, 5.74) is -0.610. The highest BCUT2D eigenvalue weighted by atomic mass is 19.4. The first-order chi connectivity index (χ1) is 13.7. The van der Waals surface area contributed by atoms with Crippen LogP contribution in [-0.4, -0.2) is 36.9 Å². The second-order valence-electron chi connectivity index (χ2n) is 6.09. The minimum atomic E-state index is -4.59. The lowest BCUT2D eigenvalue weighted by Gasteiger charge is -2.17. The third-order valence-corrected chi connectivity index (χ3v) is 3.89. The van der Waals surface area contributed by atoms with Gasteiger partial charge in [0.1, 0.15) is 5.75 Å². The predicted octanol–water partition coefficient (Wildman–Crippen LogP) is 4.21. The Balaban J connectivity index is 2.01. The molecule has 154 valence electrons. The molecule has 0 saturated carbocycles. The fourth-order valence-electron chi connectivity index (χ4n) is 2.52. The molecule has 2 amide bonds. The number of nitrogens with one attached hydrogen (secondary N) is 1. The number of para-hydroxylation sites is 2. The number of likely N-dealkylation sites (N-methyl/N-ethyl adjacent to an activating group) is 1. The molecule has 0 bridgehead atoms. The third kappa shape index (κ3) is 6.38. The van der Waals surface area contributed by atoms with Crippen LogP contribution in [0, 0.1) is 0 Å². The highest BCUT2D eigenvalue weighted by Gasteiger charge is 2.33.